The maximum absolute atomic E-state index is 10.8. The van der Waals surface area contributed by atoms with E-state index in [2.05, 4.69) is 28.1 Å². The molecular formula is C11H17N3O2S. The molecule has 1 aromatic rings. The summed E-state index contributed by atoms with van der Waals surface area (Å²) in [4.78, 5) is 17.5. The second kappa shape index (κ2) is 5.00. The third-order valence-electron chi connectivity index (χ3n) is 3.06. The first-order valence-electron chi connectivity index (χ1n) is 5.89. The van der Waals surface area contributed by atoms with Gasteiger partial charge in [0.1, 0.15) is 5.82 Å². The van der Waals surface area contributed by atoms with Crippen LogP contribution in [0.1, 0.15) is 38.4 Å². The Morgan fingerprint density at radius 1 is 1.47 bits per heavy atom. The molecule has 0 radical (unpaired) electrons. The smallest absolute Gasteiger partial charge is 0.306 e. The molecule has 1 fully saturated rings. The van der Waals surface area contributed by atoms with E-state index < -0.39 is 5.97 Å². The maximum atomic E-state index is 10.8. The summed E-state index contributed by atoms with van der Waals surface area (Å²) in [7, 11) is 0. The zero-order valence-corrected chi connectivity index (χ0v) is 10.9. The predicted octanol–water partition coefficient (Wildman–Crippen LogP) is 1.96. The molecule has 0 spiro atoms. The highest BCUT2D eigenvalue weighted by Gasteiger charge is 2.26. The Balaban J connectivity index is 1.98. The minimum absolute atomic E-state index is 0.191. The van der Waals surface area contributed by atoms with Gasteiger partial charge in [0.15, 0.2) is 0 Å². The van der Waals surface area contributed by atoms with Gasteiger partial charge in [-0.15, -0.1) is 0 Å². The van der Waals surface area contributed by atoms with E-state index in [-0.39, 0.29) is 5.92 Å². The molecule has 17 heavy (non-hydrogen) atoms. The number of anilines is 1. The molecule has 0 aromatic carbocycles. The van der Waals surface area contributed by atoms with E-state index in [0.29, 0.717) is 18.8 Å². The molecule has 0 aliphatic carbocycles. The van der Waals surface area contributed by atoms with E-state index in [9.17, 15) is 4.79 Å². The van der Waals surface area contributed by atoms with E-state index in [1.807, 2.05) is 0 Å². The molecule has 1 aliphatic rings. The minimum atomic E-state index is -0.676. The van der Waals surface area contributed by atoms with Gasteiger partial charge >= 0.3 is 5.97 Å². The second-order valence-corrected chi connectivity index (χ2v) is 5.42. The standard InChI is InChI=1S/C11H17N3O2S/c1-7(2)9-12-11(17-13-9)14-5-3-8(4-6-14)10(15)16/h7-8H,3-6H2,1-2H3,(H,15,16). The zero-order chi connectivity index (χ0) is 12.4. The molecule has 6 heteroatoms. The average Bonchev–Trinajstić information content (AvgIpc) is 2.78. The second-order valence-electron chi connectivity index (χ2n) is 4.69. The highest BCUT2D eigenvalue weighted by molar-refractivity contribution is 7.09. The number of carboxylic acids is 1. The molecule has 1 aromatic heterocycles. The van der Waals surface area contributed by atoms with Crippen molar-refractivity contribution >= 4 is 22.6 Å². The van der Waals surface area contributed by atoms with Gasteiger partial charge in [0.25, 0.3) is 0 Å². The quantitative estimate of drug-likeness (QED) is 0.894. The molecule has 1 saturated heterocycles. The number of carboxylic acid groups (broad SMARTS) is 1. The summed E-state index contributed by atoms with van der Waals surface area (Å²) >= 11 is 1.41. The lowest BCUT2D eigenvalue weighted by molar-refractivity contribution is -0.142. The fourth-order valence-corrected chi connectivity index (χ4v) is 2.77. The number of hydrogen-bond donors (Lipinski definition) is 1. The molecule has 1 N–H and O–H groups in total. The van der Waals surface area contributed by atoms with Crippen molar-refractivity contribution < 1.29 is 9.90 Å². The van der Waals surface area contributed by atoms with Crippen LogP contribution >= 0.6 is 11.5 Å². The summed E-state index contributed by atoms with van der Waals surface area (Å²) in [6.07, 6.45) is 1.40. The Bertz CT molecular complexity index is 397. The highest BCUT2D eigenvalue weighted by Crippen LogP contribution is 2.26. The topological polar surface area (TPSA) is 66.3 Å². The zero-order valence-electron chi connectivity index (χ0n) is 10.1. The van der Waals surface area contributed by atoms with Gasteiger partial charge < -0.3 is 10.0 Å². The van der Waals surface area contributed by atoms with Gasteiger partial charge in [-0.3, -0.25) is 4.79 Å². The van der Waals surface area contributed by atoms with E-state index >= 15 is 0 Å². The van der Waals surface area contributed by atoms with Crippen molar-refractivity contribution in [2.45, 2.75) is 32.6 Å². The molecule has 94 valence electrons. The largest absolute Gasteiger partial charge is 0.481 e. The monoisotopic (exact) mass is 255 g/mol. The van der Waals surface area contributed by atoms with Gasteiger partial charge in [0.2, 0.25) is 5.13 Å². The van der Waals surface area contributed by atoms with E-state index in [4.69, 9.17) is 5.11 Å². The Hall–Kier alpha value is -1.17. The number of carbonyl (C=O) groups is 1. The van der Waals surface area contributed by atoms with Crippen LogP contribution < -0.4 is 4.90 Å². The van der Waals surface area contributed by atoms with Crippen molar-refractivity contribution in [2.75, 3.05) is 18.0 Å². The van der Waals surface area contributed by atoms with Crippen molar-refractivity contribution in [3.05, 3.63) is 5.82 Å². The number of piperidine rings is 1. The SMILES string of the molecule is CC(C)c1nsc(N2CCC(C(=O)O)CC2)n1. The lowest BCUT2D eigenvalue weighted by atomic mass is 9.98. The van der Waals surface area contributed by atoms with Crippen LogP contribution in [-0.4, -0.2) is 33.5 Å². The van der Waals surface area contributed by atoms with Gasteiger partial charge in [-0.05, 0) is 12.8 Å². The number of aromatic nitrogens is 2. The van der Waals surface area contributed by atoms with E-state index in [0.717, 1.165) is 24.0 Å². The first-order chi connectivity index (χ1) is 8.08. The maximum Gasteiger partial charge on any atom is 0.306 e. The summed E-state index contributed by atoms with van der Waals surface area (Å²) < 4.78 is 4.32. The summed E-state index contributed by atoms with van der Waals surface area (Å²) in [6, 6.07) is 0. The number of hydrogen-bond acceptors (Lipinski definition) is 5. The van der Waals surface area contributed by atoms with Crippen LogP contribution in [0.4, 0.5) is 5.13 Å². The van der Waals surface area contributed by atoms with Crippen LogP contribution in [0.5, 0.6) is 0 Å². The lowest BCUT2D eigenvalue weighted by Crippen LogP contribution is -2.36. The van der Waals surface area contributed by atoms with Crippen molar-refractivity contribution in [1.82, 2.24) is 9.36 Å². The third kappa shape index (κ3) is 2.74. The molecule has 0 unspecified atom stereocenters. The molecule has 0 bridgehead atoms. The Labute approximate surface area is 105 Å². The Kier molecular flexibility index (Phi) is 3.61. The van der Waals surface area contributed by atoms with Gasteiger partial charge in [-0.2, -0.15) is 4.37 Å². The highest BCUT2D eigenvalue weighted by atomic mass is 32.1. The third-order valence-corrected chi connectivity index (χ3v) is 3.85. The number of aliphatic carboxylic acids is 1. The molecule has 5 nitrogen and oxygen atoms in total. The van der Waals surface area contributed by atoms with Gasteiger partial charge in [0.05, 0.1) is 5.92 Å². The lowest BCUT2D eigenvalue weighted by Gasteiger charge is -2.29. The Morgan fingerprint density at radius 3 is 2.59 bits per heavy atom. The number of nitrogens with zero attached hydrogens (tertiary/aromatic N) is 3. The first kappa shape index (κ1) is 12.3. The van der Waals surface area contributed by atoms with Crippen LogP contribution in [-0.2, 0) is 4.79 Å². The van der Waals surface area contributed by atoms with Crippen molar-refractivity contribution in [1.29, 1.82) is 0 Å². The van der Waals surface area contributed by atoms with Crippen LogP contribution in [0.25, 0.3) is 0 Å². The summed E-state index contributed by atoms with van der Waals surface area (Å²) in [5.41, 5.74) is 0. The molecular weight excluding hydrogens is 238 g/mol. The fraction of sp³-hybridized carbons (Fsp3) is 0.727. The van der Waals surface area contributed by atoms with Crippen LogP contribution in [0.2, 0.25) is 0 Å². The van der Waals surface area contributed by atoms with Crippen molar-refractivity contribution in [2.24, 2.45) is 5.92 Å². The molecule has 2 heterocycles. The summed E-state index contributed by atoms with van der Waals surface area (Å²) in [6.45, 7) is 5.68. The van der Waals surface area contributed by atoms with Gasteiger partial charge in [-0.1, -0.05) is 13.8 Å². The van der Waals surface area contributed by atoms with Crippen LogP contribution in [0.3, 0.4) is 0 Å². The first-order valence-corrected chi connectivity index (χ1v) is 6.66. The molecule has 0 saturated carbocycles. The van der Waals surface area contributed by atoms with E-state index in [1.54, 1.807) is 0 Å². The Morgan fingerprint density at radius 2 is 2.12 bits per heavy atom. The molecule has 0 atom stereocenters. The van der Waals surface area contributed by atoms with Gasteiger partial charge in [-0.25, -0.2) is 4.98 Å². The van der Waals surface area contributed by atoms with Gasteiger partial charge in [0, 0.05) is 30.5 Å². The van der Waals surface area contributed by atoms with Crippen molar-refractivity contribution in [3.8, 4) is 0 Å². The number of rotatable bonds is 3. The normalized spacial score (nSPS) is 17.7. The summed E-state index contributed by atoms with van der Waals surface area (Å²) in [5, 5.41) is 9.86. The van der Waals surface area contributed by atoms with Crippen LogP contribution in [0, 0.1) is 5.92 Å². The molecule has 1 aliphatic heterocycles. The van der Waals surface area contributed by atoms with E-state index in [1.165, 1.54) is 11.5 Å². The van der Waals surface area contributed by atoms with Crippen LogP contribution in [0.15, 0.2) is 0 Å². The minimum Gasteiger partial charge on any atom is -0.481 e. The molecule has 0 amide bonds. The average molecular weight is 255 g/mol. The van der Waals surface area contributed by atoms with Crippen molar-refractivity contribution in [3.63, 3.8) is 0 Å². The molecule has 2 rings (SSSR count). The predicted molar refractivity (Wildman–Crippen MR) is 66.6 cm³/mol. The summed E-state index contributed by atoms with van der Waals surface area (Å²) in [5.74, 6) is 0.357. The fourth-order valence-electron chi connectivity index (χ4n) is 1.91.